The van der Waals surface area contributed by atoms with Gasteiger partial charge in [0.15, 0.2) is 11.7 Å². The first-order chi connectivity index (χ1) is 15.5. The van der Waals surface area contributed by atoms with Gasteiger partial charge in [-0.05, 0) is 32.3 Å². The van der Waals surface area contributed by atoms with Crippen LogP contribution in [0.1, 0.15) is 44.1 Å². The fraction of sp³-hybridized carbons (Fsp3) is 0.360. The molecule has 0 bridgehead atoms. The van der Waals surface area contributed by atoms with E-state index in [4.69, 9.17) is 9.40 Å². The molecule has 0 spiro atoms. The number of hydrogen-bond acceptors (Lipinski definition) is 5. The van der Waals surface area contributed by atoms with Crippen molar-refractivity contribution in [1.82, 2.24) is 14.9 Å². The molecule has 0 radical (unpaired) electrons. The van der Waals surface area contributed by atoms with E-state index in [2.05, 4.69) is 0 Å². The van der Waals surface area contributed by atoms with Gasteiger partial charge in [-0.15, -0.1) is 0 Å². The van der Waals surface area contributed by atoms with Crippen LogP contribution in [0, 0.1) is 0 Å². The first kappa shape index (κ1) is 22.0. The molecule has 0 saturated carbocycles. The minimum absolute atomic E-state index is 0.00709. The molecule has 1 fully saturated rings. The predicted octanol–water partition coefficient (Wildman–Crippen LogP) is 4.90. The van der Waals surface area contributed by atoms with Crippen molar-refractivity contribution in [3.05, 3.63) is 66.1 Å². The quantitative estimate of drug-likeness (QED) is 0.439. The maximum absolute atomic E-state index is 12.4. The number of benzene rings is 2. The summed E-state index contributed by atoms with van der Waals surface area (Å²) in [5, 5.41) is 20.1. The van der Waals surface area contributed by atoms with E-state index >= 15 is 0 Å². The third-order valence-electron chi connectivity index (χ3n) is 5.89. The molecule has 0 atom stereocenters. The third kappa shape index (κ3) is 4.54. The van der Waals surface area contributed by atoms with E-state index in [1.54, 1.807) is 18.7 Å². The van der Waals surface area contributed by atoms with Crippen LogP contribution in [0.5, 0.6) is 0 Å². The highest BCUT2D eigenvalue weighted by atomic mass is 16.5. The first-order valence-electron chi connectivity index (χ1n) is 11.0. The maximum atomic E-state index is 12.4. The Kier molecular flexibility index (Phi) is 6.58. The summed E-state index contributed by atoms with van der Waals surface area (Å²) >= 11 is 0. The predicted molar refractivity (Wildman–Crippen MR) is 121 cm³/mol. The Labute approximate surface area is 187 Å². The standard InChI is InChI=1S/C25H29N3O4/c1-17(2)28(31)25(30)27-14-12-21(13-15-27)24-26-22(19-6-4-3-5-7-19)23(32-24)20-10-8-18(16-29)9-11-20/h3-11,17,21,29,31H,12-16H2,1-2H3. The van der Waals surface area contributed by atoms with Crippen LogP contribution in [0.3, 0.4) is 0 Å². The molecular weight excluding hydrogens is 406 g/mol. The molecule has 1 saturated heterocycles. The molecule has 2 N–H and O–H groups in total. The highest BCUT2D eigenvalue weighted by Gasteiger charge is 2.31. The Hall–Kier alpha value is -3.16. The van der Waals surface area contributed by atoms with Crippen molar-refractivity contribution in [3.8, 4) is 22.6 Å². The number of hydroxylamine groups is 2. The highest BCUT2D eigenvalue weighted by Crippen LogP contribution is 2.37. The minimum atomic E-state index is -0.361. The summed E-state index contributed by atoms with van der Waals surface area (Å²) in [7, 11) is 0. The number of aliphatic hydroxyl groups excluding tert-OH is 1. The number of hydrogen-bond donors (Lipinski definition) is 2. The minimum Gasteiger partial charge on any atom is -0.440 e. The van der Waals surface area contributed by atoms with Gasteiger partial charge in [-0.1, -0.05) is 54.6 Å². The van der Waals surface area contributed by atoms with Crippen LogP contribution >= 0.6 is 0 Å². The van der Waals surface area contributed by atoms with Gasteiger partial charge in [-0.25, -0.2) is 14.8 Å². The van der Waals surface area contributed by atoms with Gasteiger partial charge in [0.1, 0.15) is 5.69 Å². The van der Waals surface area contributed by atoms with Gasteiger partial charge in [-0.3, -0.25) is 5.21 Å². The molecule has 2 heterocycles. The Morgan fingerprint density at radius 1 is 1.09 bits per heavy atom. The fourth-order valence-corrected chi connectivity index (χ4v) is 3.94. The van der Waals surface area contributed by atoms with Crippen molar-refractivity contribution < 1.29 is 19.5 Å². The van der Waals surface area contributed by atoms with Gasteiger partial charge in [0.2, 0.25) is 0 Å². The molecule has 0 unspecified atom stereocenters. The Morgan fingerprint density at radius 3 is 2.34 bits per heavy atom. The van der Waals surface area contributed by atoms with Crippen LogP contribution in [0.4, 0.5) is 4.79 Å². The molecular formula is C25H29N3O4. The lowest BCUT2D eigenvalue weighted by molar-refractivity contribution is -0.0815. The van der Waals surface area contributed by atoms with Crippen molar-refractivity contribution >= 4 is 6.03 Å². The van der Waals surface area contributed by atoms with Crippen LogP contribution in [0.25, 0.3) is 22.6 Å². The number of nitrogens with zero attached hydrogens (tertiary/aromatic N) is 3. The lowest BCUT2D eigenvalue weighted by Crippen LogP contribution is -2.47. The van der Waals surface area contributed by atoms with Gasteiger partial charge in [0.25, 0.3) is 0 Å². The molecule has 32 heavy (non-hydrogen) atoms. The zero-order chi connectivity index (χ0) is 22.7. The molecule has 4 rings (SSSR count). The monoisotopic (exact) mass is 435 g/mol. The number of oxazole rings is 1. The van der Waals surface area contributed by atoms with Crippen molar-refractivity contribution in [3.63, 3.8) is 0 Å². The molecule has 7 nitrogen and oxygen atoms in total. The fourth-order valence-electron chi connectivity index (χ4n) is 3.94. The number of rotatable bonds is 5. The average molecular weight is 436 g/mol. The lowest BCUT2D eigenvalue weighted by atomic mass is 9.97. The topological polar surface area (TPSA) is 90.0 Å². The summed E-state index contributed by atoms with van der Waals surface area (Å²) in [4.78, 5) is 19.0. The van der Waals surface area contributed by atoms with Crippen LogP contribution in [-0.2, 0) is 6.61 Å². The van der Waals surface area contributed by atoms with Crippen LogP contribution in [0.15, 0.2) is 59.0 Å². The number of amides is 2. The van der Waals surface area contributed by atoms with E-state index in [1.807, 2.05) is 54.6 Å². The number of aromatic nitrogens is 1. The largest absolute Gasteiger partial charge is 0.440 e. The van der Waals surface area contributed by atoms with Gasteiger partial charge in [0, 0.05) is 30.1 Å². The number of aliphatic hydroxyl groups is 1. The maximum Gasteiger partial charge on any atom is 0.343 e. The van der Waals surface area contributed by atoms with Crippen molar-refractivity contribution in [2.24, 2.45) is 0 Å². The van der Waals surface area contributed by atoms with Gasteiger partial charge in [0.05, 0.1) is 12.6 Å². The van der Waals surface area contributed by atoms with Gasteiger partial charge in [-0.2, -0.15) is 0 Å². The van der Waals surface area contributed by atoms with E-state index in [-0.39, 0.29) is 24.6 Å². The van der Waals surface area contributed by atoms with Crippen LogP contribution in [0.2, 0.25) is 0 Å². The second kappa shape index (κ2) is 9.54. The average Bonchev–Trinajstić information content (AvgIpc) is 3.29. The smallest absolute Gasteiger partial charge is 0.343 e. The van der Waals surface area contributed by atoms with Crippen molar-refractivity contribution in [2.45, 2.75) is 45.3 Å². The molecule has 1 aliphatic heterocycles. The molecule has 1 aliphatic rings. The normalized spacial score (nSPS) is 14.7. The molecule has 2 aromatic carbocycles. The SMILES string of the molecule is CC(C)N(O)C(=O)N1CCC(c2nc(-c3ccccc3)c(-c3ccc(CO)cc3)o2)CC1. The Morgan fingerprint density at radius 2 is 1.75 bits per heavy atom. The van der Waals surface area contributed by atoms with E-state index in [0.29, 0.717) is 24.7 Å². The van der Waals surface area contributed by atoms with E-state index in [9.17, 15) is 15.1 Å². The third-order valence-corrected chi connectivity index (χ3v) is 5.89. The molecule has 7 heteroatoms. The summed E-state index contributed by atoms with van der Waals surface area (Å²) in [6, 6.07) is 16.9. The van der Waals surface area contributed by atoms with E-state index in [1.165, 1.54) is 0 Å². The van der Waals surface area contributed by atoms with Crippen molar-refractivity contribution in [2.75, 3.05) is 13.1 Å². The first-order valence-corrected chi connectivity index (χ1v) is 11.0. The summed E-state index contributed by atoms with van der Waals surface area (Å²) in [6.07, 6.45) is 1.44. The summed E-state index contributed by atoms with van der Waals surface area (Å²) in [6.45, 7) is 4.62. The molecule has 168 valence electrons. The summed E-state index contributed by atoms with van der Waals surface area (Å²) in [5.74, 6) is 1.47. The Balaban J connectivity index is 1.59. The lowest BCUT2D eigenvalue weighted by Gasteiger charge is -2.33. The van der Waals surface area contributed by atoms with Crippen LogP contribution in [-0.4, -0.2) is 50.4 Å². The van der Waals surface area contributed by atoms with Crippen molar-refractivity contribution in [1.29, 1.82) is 0 Å². The van der Waals surface area contributed by atoms with Gasteiger partial charge >= 0.3 is 6.03 Å². The molecule has 1 aromatic heterocycles. The summed E-state index contributed by atoms with van der Waals surface area (Å²) in [5.41, 5.74) is 3.51. The summed E-state index contributed by atoms with van der Waals surface area (Å²) < 4.78 is 6.31. The zero-order valence-electron chi connectivity index (χ0n) is 18.4. The van der Waals surface area contributed by atoms with E-state index < -0.39 is 0 Å². The van der Waals surface area contributed by atoms with E-state index in [0.717, 1.165) is 40.3 Å². The number of piperidine rings is 1. The Bertz CT molecular complexity index is 1040. The number of carbonyl (C=O) groups excluding carboxylic acids is 1. The zero-order valence-corrected chi connectivity index (χ0v) is 18.4. The second-order valence-corrected chi connectivity index (χ2v) is 8.43. The highest BCUT2D eigenvalue weighted by molar-refractivity contribution is 5.77. The number of urea groups is 1. The molecule has 3 aromatic rings. The molecule has 0 aliphatic carbocycles. The molecule has 2 amide bonds. The number of carbonyl (C=O) groups is 1. The van der Waals surface area contributed by atoms with Gasteiger partial charge < -0.3 is 14.4 Å². The number of likely N-dealkylation sites (tertiary alicyclic amines) is 1. The second-order valence-electron chi connectivity index (χ2n) is 8.43. The van der Waals surface area contributed by atoms with Crippen LogP contribution < -0.4 is 0 Å².